The number of nitro groups is 1. The van der Waals surface area contributed by atoms with Gasteiger partial charge in [0.1, 0.15) is 11.9 Å². The Morgan fingerprint density at radius 2 is 2.43 bits per heavy atom. The lowest BCUT2D eigenvalue weighted by Gasteiger charge is -2.13. The van der Waals surface area contributed by atoms with Gasteiger partial charge in [-0.3, -0.25) is 21.0 Å². The Balaban J connectivity index is 1.83. The Bertz CT molecular complexity index is 556. The summed E-state index contributed by atoms with van der Waals surface area (Å²) in [6, 6.07) is 5.05. The van der Waals surface area contributed by atoms with Crippen molar-refractivity contribution >= 4 is 11.5 Å². The molecule has 8 nitrogen and oxygen atoms in total. The van der Waals surface area contributed by atoms with Crippen LogP contribution in [0, 0.1) is 27.4 Å². The first-order chi connectivity index (χ1) is 10.1. The minimum atomic E-state index is -0.600. The van der Waals surface area contributed by atoms with E-state index in [1.165, 1.54) is 12.1 Å². The highest BCUT2D eigenvalue weighted by Gasteiger charge is 2.21. The average molecular weight is 290 g/mol. The van der Waals surface area contributed by atoms with Crippen molar-refractivity contribution in [3.05, 3.63) is 27.9 Å². The molecule has 0 radical (unpaired) electrons. The SMILES string of the molecule is CC1NNCC1CCCNc1ccc([N+](=O)[O-])c(C#N)n1. The lowest BCUT2D eigenvalue weighted by molar-refractivity contribution is -0.385. The number of nitrogens with one attached hydrogen (secondary N) is 3. The van der Waals surface area contributed by atoms with Crippen molar-refractivity contribution in [3.8, 4) is 6.07 Å². The highest BCUT2D eigenvalue weighted by atomic mass is 16.6. The topological polar surface area (TPSA) is 116 Å². The molecule has 0 aromatic carbocycles. The largest absolute Gasteiger partial charge is 0.370 e. The van der Waals surface area contributed by atoms with Gasteiger partial charge < -0.3 is 5.32 Å². The second-order valence-electron chi connectivity index (χ2n) is 5.08. The number of hydrogen-bond acceptors (Lipinski definition) is 7. The van der Waals surface area contributed by atoms with E-state index in [-0.39, 0.29) is 11.4 Å². The van der Waals surface area contributed by atoms with Crippen LogP contribution in [0.15, 0.2) is 12.1 Å². The molecule has 2 atom stereocenters. The molecule has 1 aliphatic rings. The van der Waals surface area contributed by atoms with Gasteiger partial charge in [-0.05, 0) is 31.7 Å². The average Bonchev–Trinajstić information content (AvgIpc) is 2.88. The first-order valence-electron chi connectivity index (χ1n) is 6.89. The number of rotatable bonds is 6. The highest BCUT2D eigenvalue weighted by molar-refractivity contribution is 5.50. The smallest absolute Gasteiger partial charge is 0.305 e. The molecule has 0 saturated carbocycles. The fraction of sp³-hybridized carbons (Fsp3) is 0.538. The van der Waals surface area contributed by atoms with Crippen LogP contribution >= 0.6 is 0 Å². The van der Waals surface area contributed by atoms with Crippen molar-refractivity contribution in [1.82, 2.24) is 15.8 Å². The normalized spacial score (nSPS) is 21.0. The van der Waals surface area contributed by atoms with Gasteiger partial charge in [-0.25, -0.2) is 4.98 Å². The Labute approximate surface area is 122 Å². The summed E-state index contributed by atoms with van der Waals surface area (Å²) in [5.74, 6) is 1.10. The van der Waals surface area contributed by atoms with Crippen LogP contribution in [0.4, 0.5) is 11.5 Å². The van der Waals surface area contributed by atoms with Gasteiger partial charge in [0.2, 0.25) is 5.69 Å². The summed E-state index contributed by atoms with van der Waals surface area (Å²) in [6.45, 7) is 3.84. The minimum absolute atomic E-state index is 0.164. The Kier molecular flexibility index (Phi) is 5.03. The van der Waals surface area contributed by atoms with Crippen LogP contribution in [0.1, 0.15) is 25.5 Å². The molecule has 0 spiro atoms. The maximum Gasteiger partial charge on any atom is 0.305 e. The summed E-state index contributed by atoms with van der Waals surface area (Å²) in [7, 11) is 0. The van der Waals surface area contributed by atoms with Gasteiger partial charge in [0.15, 0.2) is 0 Å². The fourth-order valence-electron chi connectivity index (χ4n) is 2.36. The summed E-state index contributed by atoms with van der Waals surface area (Å²) in [5, 5.41) is 22.7. The molecular weight excluding hydrogens is 272 g/mol. The molecule has 2 rings (SSSR count). The zero-order valence-corrected chi connectivity index (χ0v) is 11.8. The summed E-state index contributed by atoms with van der Waals surface area (Å²) >= 11 is 0. The van der Waals surface area contributed by atoms with E-state index in [2.05, 4.69) is 28.1 Å². The number of hydrazine groups is 1. The molecule has 0 aliphatic carbocycles. The number of aromatic nitrogens is 1. The van der Waals surface area contributed by atoms with Crippen LogP contribution in [-0.4, -0.2) is 29.0 Å². The zero-order valence-electron chi connectivity index (χ0n) is 11.8. The number of nitrogens with zero attached hydrogens (tertiary/aromatic N) is 3. The fourth-order valence-corrected chi connectivity index (χ4v) is 2.36. The molecule has 3 N–H and O–H groups in total. The predicted molar refractivity (Wildman–Crippen MR) is 77.4 cm³/mol. The van der Waals surface area contributed by atoms with Gasteiger partial charge in [0.25, 0.3) is 0 Å². The van der Waals surface area contributed by atoms with E-state index in [0.717, 1.165) is 25.9 Å². The molecule has 0 amide bonds. The molecule has 0 bridgehead atoms. The quantitative estimate of drug-likeness (QED) is 0.409. The molecule has 1 aromatic heterocycles. The summed E-state index contributed by atoms with van der Waals surface area (Å²) in [5.41, 5.74) is 5.88. The maximum atomic E-state index is 10.7. The van der Waals surface area contributed by atoms with E-state index in [1.807, 2.05) is 0 Å². The van der Waals surface area contributed by atoms with Gasteiger partial charge in [-0.2, -0.15) is 5.26 Å². The van der Waals surface area contributed by atoms with Crippen molar-refractivity contribution in [3.63, 3.8) is 0 Å². The van der Waals surface area contributed by atoms with E-state index in [9.17, 15) is 10.1 Å². The second kappa shape index (κ2) is 6.97. The molecule has 1 saturated heterocycles. The van der Waals surface area contributed by atoms with Crippen molar-refractivity contribution in [2.75, 3.05) is 18.4 Å². The van der Waals surface area contributed by atoms with Gasteiger partial charge in [-0.1, -0.05) is 0 Å². The molecule has 2 heterocycles. The lowest BCUT2D eigenvalue weighted by atomic mass is 9.98. The number of pyridine rings is 1. The van der Waals surface area contributed by atoms with Crippen molar-refractivity contribution in [2.24, 2.45) is 5.92 Å². The summed E-state index contributed by atoms with van der Waals surface area (Å²) in [6.07, 6.45) is 2.05. The molecule has 112 valence electrons. The van der Waals surface area contributed by atoms with Crippen molar-refractivity contribution in [2.45, 2.75) is 25.8 Å². The third-order valence-electron chi connectivity index (χ3n) is 3.64. The van der Waals surface area contributed by atoms with E-state index in [0.29, 0.717) is 17.8 Å². The van der Waals surface area contributed by atoms with E-state index in [1.54, 1.807) is 6.07 Å². The summed E-state index contributed by atoms with van der Waals surface area (Å²) in [4.78, 5) is 14.1. The van der Waals surface area contributed by atoms with Crippen LogP contribution in [0.2, 0.25) is 0 Å². The van der Waals surface area contributed by atoms with Gasteiger partial charge in [-0.15, -0.1) is 0 Å². The van der Waals surface area contributed by atoms with Crippen LogP contribution in [0.25, 0.3) is 0 Å². The molecule has 8 heteroatoms. The number of nitriles is 1. The second-order valence-corrected chi connectivity index (χ2v) is 5.08. The predicted octanol–water partition coefficient (Wildman–Crippen LogP) is 1.17. The number of anilines is 1. The zero-order chi connectivity index (χ0) is 15.2. The Morgan fingerprint density at radius 1 is 1.62 bits per heavy atom. The van der Waals surface area contributed by atoms with Crippen LogP contribution in [0.5, 0.6) is 0 Å². The molecule has 1 fully saturated rings. The monoisotopic (exact) mass is 290 g/mol. The third kappa shape index (κ3) is 3.87. The highest BCUT2D eigenvalue weighted by Crippen LogP contribution is 2.18. The van der Waals surface area contributed by atoms with Crippen LogP contribution < -0.4 is 16.2 Å². The lowest BCUT2D eigenvalue weighted by Crippen LogP contribution is -2.28. The van der Waals surface area contributed by atoms with Crippen LogP contribution in [0.3, 0.4) is 0 Å². The third-order valence-corrected chi connectivity index (χ3v) is 3.64. The van der Waals surface area contributed by atoms with E-state index >= 15 is 0 Å². The molecule has 1 aliphatic heterocycles. The Morgan fingerprint density at radius 3 is 3.05 bits per heavy atom. The van der Waals surface area contributed by atoms with Crippen molar-refractivity contribution in [1.29, 1.82) is 5.26 Å². The van der Waals surface area contributed by atoms with Gasteiger partial charge >= 0.3 is 5.69 Å². The molecule has 21 heavy (non-hydrogen) atoms. The molecule has 1 aromatic rings. The van der Waals surface area contributed by atoms with Crippen LogP contribution in [-0.2, 0) is 0 Å². The summed E-state index contributed by atoms with van der Waals surface area (Å²) < 4.78 is 0. The first kappa shape index (κ1) is 15.2. The minimum Gasteiger partial charge on any atom is -0.370 e. The van der Waals surface area contributed by atoms with E-state index in [4.69, 9.17) is 5.26 Å². The van der Waals surface area contributed by atoms with E-state index < -0.39 is 4.92 Å². The van der Waals surface area contributed by atoms with Crippen molar-refractivity contribution < 1.29 is 4.92 Å². The standard InChI is InChI=1S/C13H18N6O2/c1-9-10(8-16-18-9)3-2-6-15-13-5-4-12(19(20)21)11(7-14)17-13/h4-5,9-10,16,18H,2-3,6,8H2,1H3,(H,15,17). The van der Waals surface area contributed by atoms with Gasteiger partial charge in [0, 0.05) is 25.2 Å². The maximum absolute atomic E-state index is 10.7. The first-order valence-corrected chi connectivity index (χ1v) is 6.89. The Hall–Kier alpha value is -2.24. The van der Waals surface area contributed by atoms with Gasteiger partial charge in [0.05, 0.1) is 4.92 Å². The molecular formula is C13H18N6O2. The number of hydrogen-bond donors (Lipinski definition) is 3. The molecule has 2 unspecified atom stereocenters.